The van der Waals surface area contributed by atoms with Crippen molar-refractivity contribution in [3.63, 3.8) is 0 Å². The van der Waals surface area contributed by atoms with Gasteiger partial charge in [-0.25, -0.2) is 9.67 Å². The maximum Gasteiger partial charge on any atom is 0.408 e. The summed E-state index contributed by atoms with van der Waals surface area (Å²) in [5, 5.41) is 7.80. The molecule has 0 fully saturated rings. The van der Waals surface area contributed by atoms with Crippen molar-refractivity contribution in [3.05, 3.63) is 82.3 Å². The molecular formula is C19H15F3N4O2. The molecule has 0 spiro atoms. The fraction of sp³-hybridized carbons (Fsp3) is 0.158. The first-order valence-corrected chi connectivity index (χ1v) is 8.16. The molecule has 2 aromatic carbocycles. The van der Waals surface area contributed by atoms with E-state index in [9.17, 15) is 18.0 Å². The van der Waals surface area contributed by atoms with Crippen LogP contribution in [0.2, 0.25) is 0 Å². The Morgan fingerprint density at radius 2 is 1.82 bits per heavy atom. The zero-order valence-corrected chi connectivity index (χ0v) is 14.7. The van der Waals surface area contributed by atoms with E-state index in [1.54, 1.807) is 24.3 Å². The van der Waals surface area contributed by atoms with Gasteiger partial charge in [0.1, 0.15) is 19.4 Å². The van der Waals surface area contributed by atoms with Gasteiger partial charge >= 0.3 is 6.18 Å². The van der Waals surface area contributed by atoms with Crippen LogP contribution in [-0.4, -0.2) is 33.8 Å². The van der Waals surface area contributed by atoms with Gasteiger partial charge in [-0.05, 0) is 6.07 Å². The highest BCUT2D eigenvalue weighted by Crippen LogP contribution is 2.20. The third-order valence-electron chi connectivity index (χ3n) is 3.72. The maximum atomic E-state index is 12.6. The monoisotopic (exact) mass is 388 g/mol. The van der Waals surface area contributed by atoms with E-state index >= 15 is 0 Å². The Labute approximate surface area is 157 Å². The van der Waals surface area contributed by atoms with Crippen LogP contribution in [0, 0.1) is 0 Å². The van der Waals surface area contributed by atoms with Crippen LogP contribution in [0.5, 0.6) is 0 Å². The van der Waals surface area contributed by atoms with E-state index in [1.807, 2.05) is 30.3 Å². The highest BCUT2D eigenvalue weighted by atomic mass is 19.4. The van der Waals surface area contributed by atoms with E-state index < -0.39 is 18.3 Å². The Morgan fingerprint density at radius 3 is 2.50 bits per heavy atom. The summed E-state index contributed by atoms with van der Waals surface area (Å²) in [6.45, 7) is -1.48. The van der Waals surface area contributed by atoms with Gasteiger partial charge < -0.3 is 4.84 Å². The van der Waals surface area contributed by atoms with Crippen molar-refractivity contribution in [3.8, 4) is 11.4 Å². The van der Waals surface area contributed by atoms with Gasteiger partial charge in [0.15, 0.2) is 5.82 Å². The number of rotatable bonds is 5. The first kappa shape index (κ1) is 19.3. The third kappa shape index (κ3) is 4.61. The van der Waals surface area contributed by atoms with Gasteiger partial charge in [-0.1, -0.05) is 53.7 Å². The predicted molar refractivity (Wildman–Crippen MR) is 96.9 cm³/mol. The van der Waals surface area contributed by atoms with Crippen LogP contribution >= 0.6 is 0 Å². The fourth-order valence-electron chi connectivity index (χ4n) is 2.55. The molecule has 0 aliphatic carbocycles. The number of hydrogen-bond acceptors (Lipinski definition) is 5. The van der Waals surface area contributed by atoms with Gasteiger partial charge in [0.05, 0.1) is 6.20 Å². The molecule has 0 amide bonds. The Balaban J connectivity index is 2.03. The average Bonchev–Trinajstić information content (AvgIpc) is 2.67. The molecule has 3 aromatic rings. The zero-order valence-electron chi connectivity index (χ0n) is 14.7. The van der Waals surface area contributed by atoms with Gasteiger partial charge in [0.25, 0.3) is 5.56 Å². The number of halogens is 3. The molecule has 0 saturated carbocycles. The van der Waals surface area contributed by atoms with E-state index in [1.165, 1.54) is 7.11 Å². The standard InChI is InChI=1S/C19H15F3N4O2/c1-28-25-17(13-6-3-2-4-7-13)14-8-5-9-15(10-14)18-23-11-16(27)26(24-18)12-19(20,21)22/h2-11H,12H2,1H3. The molecule has 0 radical (unpaired) electrons. The highest BCUT2D eigenvalue weighted by molar-refractivity contribution is 6.13. The SMILES string of the molecule is CON=C(c1ccccc1)c1cccc(-c2ncc(=O)n(CC(F)(F)F)n2)c1. The van der Waals surface area contributed by atoms with Gasteiger partial charge in [0.2, 0.25) is 0 Å². The lowest BCUT2D eigenvalue weighted by Crippen LogP contribution is -2.30. The van der Waals surface area contributed by atoms with Crippen LogP contribution < -0.4 is 5.56 Å². The largest absolute Gasteiger partial charge is 0.408 e. The van der Waals surface area contributed by atoms with Gasteiger partial charge in [-0.3, -0.25) is 4.79 Å². The summed E-state index contributed by atoms with van der Waals surface area (Å²) in [6.07, 6.45) is -3.75. The van der Waals surface area contributed by atoms with Crippen molar-refractivity contribution in [1.29, 1.82) is 0 Å². The van der Waals surface area contributed by atoms with E-state index in [2.05, 4.69) is 15.2 Å². The number of benzene rings is 2. The molecule has 144 valence electrons. The second-order valence-electron chi connectivity index (χ2n) is 5.76. The quantitative estimate of drug-likeness (QED) is 0.497. The lowest BCUT2D eigenvalue weighted by molar-refractivity contribution is -0.143. The topological polar surface area (TPSA) is 69.4 Å². The summed E-state index contributed by atoms with van der Waals surface area (Å²) in [5.74, 6) is -0.00414. The van der Waals surface area contributed by atoms with E-state index in [-0.39, 0.29) is 5.82 Å². The normalized spacial score (nSPS) is 12.1. The lowest BCUT2D eigenvalue weighted by atomic mass is 10.0. The van der Waals surface area contributed by atoms with Crippen molar-refractivity contribution < 1.29 is 18.0 Å². The summed E-state index contributed by atoms with van der Waals surface area (Å²) in [7, 11) is 1.42. The Kier molecular flexibility index (Phi) is 5.53. The van der Waals surface area contributed by atoms with Crippen LogP contribution in [-0.2, 0) is 11.4 Å². The number of hydrogen-bond donors (Lipinski definition) is 0. The fourth-order valence-corrected chi connectivity index (χ4v) is 2.55. The number of aromatic nitrogens is 3. The van der Waals surface area contributed by atoms with Crippen molar-refractivity contribution in [2.45, 2.75) is 12.7 Å². The minimum atomic E-state index is -4.57. The van der Waals surface area contributed by atoms with Crippen LogP contribution in [0.25, 0.3) is 11.4 Å². The summed E-state index contributed by atoms with van der Waals surface area (Å²) < 4.78 is 38.3. The molecule has 1 heterocycles. The Morgan fingerprint density at radius 1 is 1.11 bits per heavy atom. The molecule has 28 heavy (non-hydrogen) atoms. The molecule has 0 saturated heterocycles. The van der Waals surface area contributed by atoms with Crippen LogP contribution in [0.15, 0.2) is 70.7 Å². The van der Waals surface area contributed by atoms with E-state index in [0.717, 1.165) is 11.8 Å². The maximum absolute atomic E-state index is 12.6. The van der Waals surface area contributed by atoms with Crippen molar-refractivity contribution in [1.82, 2.24) is 14.8 Å². The second-order valence-corrected chi connectivity index (χ2v) is 5.76. The molecule has 9 heteroatoms. The second kappa shape index (κ2) is 8.03. The number of oxime groups is 1. The van der Waals surface area contributed by atoms with Crippen LogP contribution in [0.4, 0.5) is 13.2 Å². The van der Waals surface area contributed by atoms with Crippen LogP contribution in [0.1, 0.15) is 11.1 Å². The molecule has 0 aliphatic heterocycles. The van der Waals surface area contributed by atoms with Crippen molar-refractivity contribution in [2.75, 3.05) is 7.11 Å². The summed E-state index contributed by atoms with van der Waals surface area (Å²) in [6, 6.07) is 16.0. The molecule has 0 aliphatic rings. The van der Waals surface area contributed by atoms with E-state index in [4.69, 9.17) is 4.84 Å². The molecule has 6 nitrogen and oxygen atoms in total. The predicted octanol–water partition coefficient (Wildman–Crippen LogP) is 3.27. The molecule has 0 bridgehead atoms. The minimum absolute atomic E-state index is 0.00414. The first-order chi connectivity index (χ1) is 13.4. The minimum Gasteiger partial charge on any atom is -0.399 e. The lowest BCUT2D eigenvalue weighted by Gasteiger charge is -2.10. The Hall–Kier alpha value is -3.49. The molecular weight excluding hydrogens is 373 g/mol. The molecule has 0 unspecified atom stereocenters. The number of alkyl halides is 3. The van der Waals surface area contributed by atoms with Gasteiger partial charge in [-0.15, -0.1) is 5.10 Å². The van der Waals surface area contributed by atoms with Gasteiger partial charge in [-0.2, -0.15) is 13.2 Å². The molecule has 0 N–H and O–H groups in total. The molecule has 0 atom stereocenters. The zero-order chi connectivity index (χ0) is 20.1. The summed E-state index contributed by atoms with van der Waals surface area (Å²) in [4.78, 5) is 20.4. The van der Waals surface area contributed by atoms with Gasteiger partial charge in [0, 0.05) is 16.7 Å². The van der Waals surface area contributed by atoms with Crippen molar-refractivity contribution >= 4 is 5.71 Å². The first-order valence-electron chi connectivity index (χ1n) is 8.16. The highest BCUT2D eigenvalue weighted by Gasteiger charge is 2.29. The van der Waals surface area contributed by atoms with Crippen molar-refractivity contribution in [2.24, 2.45) is 5.16 Å². The summed E-state index contributed by atoms with van der Waals surface area (Å²) >= 11 is 0. The average molecular weight is 388 g/mol. The smallest absolute Gasteiger partial charge is 0.399 e. The summed E-state index contributed by atoms with van der Waals surface area (Å²) in [5.41, 5.74) is 1.50. The van der Waals surface area contributed by atoms with E-state index in [0.29, 0.717) is 21.5 Å². The number of nitrogens with zero attached hydrogens (tertiary/aromatic N) is 4. The van der Waals surface area contributed by atoms with Crippen LogP contribution in [0.3, 0.4) is 0 Å². The Bertz CT molecular complexity index is 1050. The molecule has 3 rings (SSSR count). The third-order valence-corrected chi connectivity index (χ3v) is 3.72. The molecule has 1 aromatic heterocycles.